The van der Waals surface area contributed by atoms with E-state index in [1.54, 1.807) is 24.3 Å². The van der Waals surface area contributed by atoms with Gasteiger partial charge in [0.25, 0.3) is 11.8 Å². The van der Waals surface area contributed by atoms with Gasteiger partial charge in [0.15, 0.2) is 0 Å². The molecular formula is C27H37NO13. The van der Waals surface area contributed by atoms with Crippen molar-refractivity contribution in [1.29, 1.82) is 0 Å². The molecule has 1 N–H and O–H groups in total. The summed E-state index contributed by atoms with van der Waals surface area (Å²) in [6.45, 7) is 4.33. The fourth-order valence-corrected chi connectivity index (χ4v) is 3.41. The smallest absolute Gasteiger partial charge is 0.372 e. The minimum atomic E-state index is -1.57. The van der Waals surface area contributed by atoms with E-state index in [1.165, 1.54) is 4.90 Å². The first-order chi connectivity index (χ1) is 19.9. The van der Waals surface area contributed by atoms with Crippen LogP contribution < -0.4 is 0 Å². The van der Waals surface area contributed by atoms with Crippen molar-refractivity contribution in [2.45, 2.75) is 12.8 Å². The van der Waals surface area contributed by atoms with Crippen molar-refractivity contribution in [3.05, 3.63) is 35.4 Å². The number of rotatable bonds is 25. The molecule has 0 unspecified atom stereocenters. The second-order valence-corrected chi connectivity index (χ2v) is 8.43. The van der Waals surface area contributed by atoms with Crippen LogP contribution in [0.15, 0.2) is 24.3 Å². The highest BCUT2D eigenvalue weighted by molar-refractivity contribution is 6.32. The van der Waals surface area contributed by atoms with Gasteiger partial charge in [0.05, 0.1) is 103 Å². The molecule has 0 radical (unpaired) electrons. The molecule has 2 amide bonds. The van der Waals surface area contributed by atoms with Crippen LogP contribution in [0.3, 0.4) is 0 Å². The molecule has 1 aromatic rings. The van der Waals surface area contributed by atoms with Gasteiger partial charge in [-0.3, -0.25) is 24.1 Å². The van der Waals surface area contributed by atoms with Crippen LogP contribution in [0, 0.1) is 0 Å². The first-order valence-electron chi connectivity index (χ1n) is 13.2. The standard InChI is InChI=1S/C27H37NO13/c29-23(27(33)34)5-6-24(30)41-20-19-40-18-17-39-16-15-38-14-13-37-12-11-36-10-9-35-8-7-28-25(31)21-3-1-2-4-22(21)26(28)32/h1-4H,5-20H2,(H,33,34). The van der Waals surface area contributed by atoms with Crippen molar-refractivity contribution in [3.8, 4) is 0 Å². The second kappa shape index (κ2) is 20.6. The number of amides is 2. The SMILES string of the molecule is O=C(CCC(=O)C(=O)O)OCCOCCOCCOCCOCCOCCOCCN1C(=O)c2ccccc2C1=O. The number of benzene rings is 1. The Balaban J connectivity index is 1.26. The lowest BCUT2D eigenvalue weighted by molar-refractivity contribution is -0.151. The van der Waals surface area contributed by atoms with Crippen molar-refractivity contribution < 1.29 is 62.2 Å². The van der Waals surface area contributed by atoms with Gasteiger partial charge in [-0.1, -0.05) is 12.1 Å². The number of carbonyl (C=O) groups is 5. The van der Waals surface area contributed by atoms with Gasteiger partial charge in [-0.15, -0.1) is 0 Å². The lowest BCUT2D eigenvalue weighted by atomic mass is 10.1. The van der Waals surface area contributed by atoms with E-state index < -0.39 is 24.1 Å². The summed E-state index contributed by atoms with van der Waals surface area (Å²) in [4.78, 5) is 58.3. The highest BCUT2D eigenvalue weighted by Crippen LogP contribution is 2.21. The quantitative estimate of drug-likeness (QED) is 0.0724. The molecule has 14 heteroatoms. The topological polar surface area (TPSA) is 173 Å². The molecule has 1 aliphatic heterocycles. The van der Waals surface area contributed by atoms with Crippen molar-refractivity contribution in [2.75, 3.05) is 92.4 Å². The monoisotopic (exact) mass is 583 g/mol. The summed E-state index contributed by atoms with van der Waals surface area (Å²) in [5.41, 5.74) is 0.849. The molecule has 2 rings (SSSR count). The minimum Gasteiger partial charge on any atom is -0.476 e. The van der Waals surface area contributed by atoms with Gasteiger partial charge in [0.1, 0.15) is 6.61 Å². The third-order valence-corrected chi connectivity index (χ3v) is 5.48. The van der Waals surface area contributed by atoms with E-state index in [2.05, 4.69) is 0 Å². The summed E-state index contributed by atoms with van der Waals surface area (Å²) < 4.78 is 37.1. The highest BCUT2D eigenvalue weighted by Gasteiger charge is 2.34. The summed E-state index contributed by atoms with van der Waals surface area (Å²) >= 11 is 0. The van der Waals surface area contributed by atoms with E-state index in [4.69, 9.17) is 38.3 Å². The maximum Gasteiger partial charge on any atom is 0.372 e. The zero-order chi connectivity index (χ0) is 29.7. The molecule has 0 fully saturated rings. The lowest BCUT2D eigenvalue weighted by Crippen LogP contribution is -2.33. The van der Waals surface area contributed by atoms with E-state index >= 15 is 0 Å². The maximum absolute atomic E-state index is 12.3. The van der Waals surface area contributed by atoms with Crippen LogP contribution in [0.4, 0.5) is 0 Å². The van der Waals surface area contributed by atoms with Crippen LogP contribution in [0.2, 0.25) is 0 Å². The summed E-state index contributed by atoms with van der Waals surface area (Å²) in [5.74, 6) is -3.85. The molecule has 0 spiro atoms. The van der Waals surface area contributed by atoms with Gasteiger partial charge < -0.3 is 38.3 Å². The lowest BCUT2D eigenvalue weighted by Gasteiger charge is -2.13. The number of esters is 1. The third-order valence-electron chi connectivity index (χ3n) is 5.48. The number of ether oxygens (including phenoxy) is 7. The molecule has 0 atom stereocenters. The largest absolute Gasteiger partial charge is 0.476 e. The number of Topliss-reactive ketones (excluding diaryl/α,β-unsaturated/α-hetero) is 1. The molecular weight excluding hydrogens is 546 g/mol. The van der Waals surface area contributed by atoms with Gasteiger partial charge in [0.2, 0.25) is 5.78 Å². The van der Waals surface area contributed by atoms with Gasteiger partial charge >= 0.3 is 11.9 Å². The van der Waals surface area contributed by atoms with Crippen LogP contribution in [-0.4, -0.2) is 132 Å². The number of hydrogen-bond donors (Lipinski definition) is 1. The molecule has 1 aliphatic rings. The Morgan fingerprint density at radius 3 is 1.39 bits per heavy atom. The zero-order valence-electron chi connectivity index (χ0n) is 22.9. The van der Waals surface area contributed by atoms with Crippen LogP contribution in [0.5, 0.6) is 0 Å². The number of carbonyl (C=O) groups excluding carboxylic acids is 4. The predicted molar refractivity (Wildman–Crippen MR) is 140 cm³/mol. The average molecular weight is 584 g/mol. The van der Waals surface area contributed by atoms with Crippen molar-refractivity contribution in [1.82, 2.24) is 4.90 Å². The fourth-order valence-electron chi connectivity index (χ4n) is 3.41. The number of fused-ring (bicyclic) bond motifs is 1. The van der Waals surface area contributed by atoms with Crippen LogP contribution in [-0.2, 0) is 47.5 Å². The number of carboxylic acids is 1. The van der Waals surface area contributed by atoms with Crippen LogP contribution in [0.25, 0.3) is 0 Å². The summed E-state index contributed by atoms with van der Waals surface area (Å²) in [7, 11) is 0. The molecule has 0 aliphatic carbocycles. The van der Waals surface area contributed by atoms with E-state index in [0.717, 1.165) is 0 Å². The molecule has 0 aromatic heterocycles. The Bertz CT molecular complexity index is 949. The summed E-state index contributed by atoms with van der Waals surface area (Å²) in [6, 6.07) is 6.75. The number of imide groups is 1. The third kappa shape index (κ3) is 13.8. The van der Waals surface area contributed by atoms with Crippen molar-refractivity contribution in [2.24, 2.45) is 0 Å². The predicted octanol–water partition coefficient (Wildman–Crippen LogP) is 0.359. The number of carboxylic acid groups (broad SMARTS) is 1. The molecule has 0 saturated carbocycles. The Hall–Kier alpha value is -3.27. The Labute approximate surface area is 237 Å². The maximum atomic E-state index is 12.3. The molecule has 1 heterocycles. The molecule has 228 valence electrons. The molecule has 1 aromatic carbocycles. The summed E-state index contributed by atoms with van der Waals surface area (Å²) in [5, 5.41) is 8.43. The van der Waals surface area contributed by atoms with E-state index in [0.29, 0.717) is 77.2 Å². The molecule has 0 bridgehead atoms. The summed E-state index contributed by atoms with van der Waals surface area (Å²) in [6.07, 6.45) is -0.675. The van der Waals surface area contributed by atoms with Gasteiger partial charge in [-0.2, -0.15) is 0 Å². The minimum absolute atomic E-state index is 0.00320. The fraction of sp³-hybridized carbons (Fsp3) is 0.593. The second-order valence-electron chi connectivity index (χ2n) is 8.43. The Kier molecular flexibility index (Phi) is 17.0. The first kappa shape index (κ1) is 33.9. The van der Waals surface area contributed by atoms with E-state index in [9.17, 15) is 24.0 Å². The van der Waals surface area contributed by atoms with E-state index in [-0.39, 0.29) is 44.6 Å². The molecule has 41 heavy (non-hydrogen) atoms. The Morgan fingerprint density at radius 1 is 0.585 bits per heavy atom. The highest BCUT2D eigenvalue weighted by atomic mass is 16.6. The number of aliphatic carboxylic acids is 1. The zero-order valence-corrected chi connectivity index (χ0v) is 22.9. The number of ketones is 1. The molecule has 0 saturated heterocycles. The van der Waals surface area contributed by atoms with Crippen molar-refractivity contribution >= 4 is 29.5 Å². The van der Waals surface area contributed by atoms with Crippen LogP contribution in [0.1, 0.15) is 33.6 Å². The van der Waals surface area contributed by atoms with Crippen LogP contribution >= 0.6 is 0 Å². The van der Waals surface area contributed by atoms with Gasteiger partial charge in [-0.25, -0.2) is 4.79 Å². The van der Waals surface area contributed by atoms with Gasteiger partial charge in [0, 0.05) is 6.42 Å². The number of hydrogen-bond acceptors (Lipinski definition) is 12. The normalized spacial score (nSPS) is 12.5. The number of nitrogens with zero attached hydrogens (tertiary/aromatic N) is 1. The Morgan fingerprint density at radius 2 is 0.976 bits per heavy atom. The molecule has 14 nitrogen and oxygen atoms in total. The van der Waals surface area contributed by atoms with E-state index in [1.807, 2.05) is 0 Å². The average Bonchev–Trinajstić information content (AvgIpc) is 3.21. The van der Waals surface area contributed by atoms with Gasteiger partial charge in [-0.05, 0) is 12.1 Å². The van der Waals surface area contributed by atoms with Crippen molar-refractivity contribution in [3.63, 3.8) is 0 Å². The first-order valence-corrected chi connectivity index (χ1v) is 13.2.